The van der Waals surface area contributed by atoms with Gasteiger partial charge in [0.25, 0.3) is 0 Å². The number of fused-ring (bicyclic) bond motifs is 1. The summed E-state index contributed by atoms with van der Waals surface area (Å²) in [5, 5.41) is 0.959. The number of furan rings is 1. The minimum Gasteiger partial charge on any atom is -0.453 e. The van der Waals surface area contributed by atoms with Crippen molar-refractivity contribution in [3.8, 4) is 0 Å². The number of ether oxygens (including phenoxy) is 1. The normalized spacial score (nSPS) is 12.0. The van der Waals surface area contributed by atoms with Crippen molar-refractivity contribution in [2.75, 3.05) is 7.11 Å². The van der Waals surface area contributed by atoms with Crippen LogP contribution in [0.15, 0.2) is 28.7 Å². The Kier molecular flexibility index (Phi) is 3.76. The molecule has 2 rings (SSSR count). The van der Waals surface area contributed by atoms with Crippen molar-refractivity contribution in [3.63, 3.8) is 0 Å². The summed E-state index contributed by atoms with van der Waals surface area (Å²) in [5.41, 5.74) is 1.04. The quantitative estimate of drug-likeness (QED) is 0.759. The van der Waals surface area contributed by atoms with E-state index >= 15 is 0 Å². The van der Waals surface area contributed by atoms with Crippen LogP contribution in [0.25, 0.3) is 11.0 Å². The lowest BCUT2D eigenvalue weighted by atomic mass is 9.90. The Morgan fingerprint density at radius 1 is 1.32 bits per heavy atom. The molecule has 0 aliphatic carbocycles. The van der Waals surface area contributed by atoms with Crippen molar-refractivity contribution < 1.29 is 13.9 Å². The maximum absolute atomic E-state index is 12.6. The van der Waals surface area contributed by atoms with Gasteiger partial charge in [-0.2, -0.15) is 0 Å². The molecule has 0 atom stereocenters. The Labute approximate surface area is 113 Å². The van der Waals surface area contributed by atoms with Crippen LogP contribution >= 0.6 is 0 Å². The standard InChI is InChI=1S/C16H20O3/c1-5-16(6-2,18-4)15(17)13-10-12-9-7-8-11(3)14(12)19-13/h7-10H,5-6H2,1-4H3. The molecule has 0 radical (unpaired) electrons. The minimum atomic E-state index is -0.776. The lowest BCUT2D eigenvalue weighted by molar-refractivity contribution is -0.00450. The van der Waals surface area contributed by atoms with Crippen LogP contribution in [0, 0.1) is 6.92 Å². The largest absolute Gasteiger partial charge is 0.453 e. The molecule has 0 amide bonds. The second-order valence-electron chi connectivity index (χ2n) is 4.84. The fourth-order valence-corrected chi connectivity index (χ4v) is 2.50. The summed E-state index contributed by atoms with van der Waals surface area (Å²) in [5.74, 6) is 0.311. The summed E-state index contributed by atoms with van der Waals surface area (Å²) in [6, 6.07) is 7.70. The molecule has 2 aromatic rings. The molecular formula is C16H20O3. The van der Waals surface area contributed by atoms with E-state index in [0.717, 1.165) is 16.5 Å². The van der Waals surface area contributed by atoms with Gasteiger partial charge in [0.2, 0.25) is 5.78 Å². The first-order valence-corrected chi connectivity index (χ1v) is 6.67. The molecule has 1 heterocycles. The molecule has 19 heavy (non-hydrogen) atoms. The fourth-order valence-electron chi connectivity index (χ4n) is 2.50. The number of benzene rings is 1. The Morgan fingerprint density at radius 2 is 2.00 bits per heavy atom. The highest BCUT2D eigenvalue weighted by molar-refractivity contribution is 6.03. The zero-order valence-electron chi connectivity index (χ0n) is 11.9. The first-order chi connectivity index (χ1) is 9.07. The predicted molar refractivity (Wildman–Crippen MR) is 75.6 cm³/mol. The smallest absolute Gasteiger partial charge is 0.229 e. The van der Waals surface area contributed by atoms with Gasteiger partial charge in [0.1, 0.15) is 11.2 Å². The number of carbonyl (C=O) groups is 1. The second-order valence-corrected chi connectivity index (χ2v) is 4.84. The molecule has 0 aliphatic rings. The van der Waals surface area contributed by atoms with E-state index in [1.807, 2.05) is 45.0 Å². The molecule has 0 aliphatic heterocycles. The monoisotopic (exact) mass is 260 g/mol. The molecule has 0 bridgehead atoms. The molecule has 1 aromatic carbocycles. The molecule has 3 heteroatoms. The Bertz CT molecular complexity index is 583. The Morgan fingerprint density at radius 3 is 2.53 bits per heavy atom. The highest BCUT2D eigenvalue weighted by Crippen LogP contribution is 2.29. The second kappa shape index (κ2) is 5.17. The van der Waals surface area contributed by atoms with Crippen LogP contribution in [0.3, 0.4) is 0 Å². The van der Waals surface area contributed by atoms with Crippen molar-refractivity contribution in [2.24, 2.45) is 0 Å². The molecule has 0 saturated carbocycles. The molecular weight excluding hydrogens is 240 g/mol. The van der Waals surface area contributed by atoms with Crippen molar-refractivity contribution in [3.05, 3.63) is 35.6 Å². The van der Waals surface area contributed by atoms with Gasteiger partial charge in [-0.3, -0.25) is 4.79 Å². The summed E-state index contributed by atoms with van der Waals surface area (Å²) in [4.78, 5) is 12.6. The highest BCUT2D eigenvalue weighted by atomic mass is 16.5. The molecule has 3 nitrogen and oxygen atoms in total. The van der Waals surface area contributed by atoms with E-state index in [-0.39, 0.29) is 5.78 Å². The van der Waals surface area contributed by atoms with Crippen LogP contribution in [0.5, 0.6) is 0 Å². The van der Waals surface area contributed by atoms with Crippen LogP contribution in [0.4, 0.5) is 0 Å². The van der Waals surface area contributed by atoms with Gasteiger partial charge in [-0.25, -0.2) is 0 Å². The number of ketones is 1. The minimum absolute atomic E-state index is 0.0735. The number of carbonyl (C=O) groups excluding carboxylic acids is 1. The van der Waals surface area contributed by atoms with Gasteiger partial charge in [0, 0.05) is 12.5 Å². The van der Waals surface area contributed by atoms with E-state index in [4.69, 9.17) is 9.15 Å². The van der Waals surface area contributed by atoms with Crippen molar-refractivity contribution in [1.82, 2.24) is 0 Å². The average Bonchev–Trinajstić information content (AvgIpc) is 2.86. The SMILES string of the molecule is CCC(CC)(OC)C(=O)c1cc2cccc(C)c2o1. The zero-order valence-corrected chi connectivity index (χ0v) is 11.9. The zero-order chi connectivity index (χ0) is 14.0. The number of hydrogen-bond donors (Lipinski definition) is 0. The first kappa shape index (κ1) is 13.8. The first-order valence-electron chi connectivity index (χ1n) is 6.67. The van der Waals surface area contributed by atoms with E-state index in [1.165, 1.54) is 0 Å². The highest BCUT2D eigenvalue weighted by Gasteiger charge is 2.37. The Balaban J connectivity index is 2.50. The van der Waals surface area contributed by atoms with Crippen LogP contribution in [0.1, 0.15) is 42.8 Å². The van der Waals surface area contributed by atoms with E-state index in [9.17, 15) is 4.79 Å². The maximum atomic E-state index is 12.6. The van der Waals surface area contributed by atoms with Crippen molar-refractivity contribution in [1.29, 1.82) is 0 Å². The van der Waals surface area contributed by atoms with Gasteiger partial charge in [-0.1, -0.05) is 32.0 Å². The van der Waals surface area contributed by atoms with Crippen molar-refractivity contribution in [2.45, 2.75) is 39.2 Å². The molecule has 0 saturated heterocycles. The van der Waals surface area contributed by atoms with E-state index < -0.39 is 5.60 Å². The molecule has 1 aromatic heterocycles. The molecule has 0 N–H and O–H groups in total. The predicted octanol–water partition coefficient (Wildman–Crippen LogP) is 4.13. The third kappa shape index (κ3) is 2.19. The number of hydrogen-bond acceptors (Lipinski definition) is 3. The van der Waals surface area contributed by atoms with Gasteiger partial charge in [0.15, 0.2) is 5.76 Å². The number of aryl methyl sites for hydroxylation is 1. The van der Waals surface area contributed by atoms with Gasteiger partial charge >= 0.3 is 0 Å². The fraction of sp³-hybridized carbons (Fsp3) is 0.438. The summed E-state index contributed by atoms with van der Waals surface area (Å²) in [7, 11) is 1.58. The average molecular weight is 260 g/mol. The topological polar surface area (TPSA) is 39.4 Å². The maximum Gasteiger partial charge on any atom is 0.229 e. The van der Waals surface area contributed by atoms with Crippen LogP contribution in [-0.4, -0.2) is 18.5 Å². The third-order valence-corrected chi connectivity index (χ3v) is 3.91. The summed E-state index contributed by atoms with van der Waals surface area (Å²) < 4.78 is 11.2. The molecule has 102 valence electrons. The lowest BCUT2D eigenvalue weighted by Crippen LogP contribution is -2.39. The Hall–Kier alpha value is -1.61. The number of Topliss-reactive ketones (excluding diaryl/α,β-unsaturated/α-hetero) is 1. The van der Waals surface area contributed by atoms with E-state index in [1.54, 1.807) is 7.11 Å². The van der Waals surface area contributed by atoms with Crippen LogP contribution in [0.2, 0.25) is 0 Å². The van der Waals surface area contributed by atoms with E-state index in [2.05, 4.69) is 0 Å². The molecule has 0 spiro atoms. The molecule has 0 fully saturated rings. The molecule has 0 unspecified atom stereocenters. The summed E-state index contributed by atoms with van der Waals surface area (Å²) in [6.45, 7) is 5.89. The third-order valence-electron chi connectivity index (χ3n) is 3.91. The van der Waals surface area contributed by atoms with Gasteiger partial charge in [-0.05, 0) is 31.4 Å². The number of methoxy groups -OCH3 is 1. The van der Waals surface area contributed by atoms with Crippen molar-refractivity contribution >= 4 is 16.8 Å². The van der Waals surface area contributed by atoms with Gasteiger partial charge in [-0.15, -0.1) is 0 Å². The van der Waals surface area contributed by atoms with Gasteiger partial charge < -0.3 is 9.15 Å². The van der Waals surface area contributed by atoms with Crippen LogP contribution in [-0.2, 0) is 4.74 Å². The summed E-state index contributed by atoms with van der Waals surface area (Å²) >= 11 is 0. The van der Waals surface area contributed by atoms with Gasteiger partial charge in [0.05, 0.1) is 0 Å². The number of rotatable bonds is 5. The lowest BCUT2D eigenvalue weighted by Gasteiger charge is -2.27. The number of para-hydroxylation sites is 1. The summed E-state index contributed by atoms with van der Waals surface area (Å²) in [6.07, 6.45) is 1.27. The van der Waals surface area contributed by atoms with E-state index in [0.29, 0.717) is 18.6 Å². The van der Waals surface area contributed by atoms with Crippen LogP contribution < -0.4 is 0 Å².